The van der Waals surface area contributed by atoms with E-state index >= 15 is 0 Å². The molecule has 1 saturated heterocycles. The number of likely N-dealkylation sites (tertiary alicyclic amines) is 1. The molecule has 1 N–H and O–H groups in total. The summed E-state index contributed by atoms with van der Waals surface area (Å²) in [7, 11) is 0. The van der Waals surface area contributed by atoms with Crippen LogP contribution in [-0.4, -0.2) is 35.5 Å². The smallest absolute Gasteiger partial charge is 0.410 e. The minimum atomic E-state index is -0.229. The Morgan fingerprint density at radius 2 is 1.67 bits per heavy atom. The predicted molar refractivity (Wildman–Crippen MR) is 121 cm³/mol. The molecule has 2 rings (SSSR count). The number of carbonyl (C=O) groups excluding carboxylic acids is 2. The summed E-state index contributed by atoms with van der Waals surface area (Å²) in [5, 5.41) is 3.11. The quantitative estimate of drug-likeness (QED) is 0.648. The van der Waals surface area contributed by atoms with Crippen molar-refractivity contribution in [2.75, 3.05) is 13.1 Å². The highest BCUT2D eigenvalue weighted by Gasteiger charge is 2.35. The second kappa shape index (κ2) is 10.3. The van der Waals surface area contributed by atoms with Gasteiger partial charge in [-0.15, -0.1) is 0 Å². The van der Waals surface area contributed by atoms with Crippen LogP contribution in [0.4, 0.5) is 4.79 Å². The molecule has 30 heavy (non-hydrogen) atoms. The van der Waals surface area contributed by atoms with Crippen LogP contribution in [0.5, 0.6) is 0 Å². The molecule has 0 aromatic heterocycles. The zero-order valence-corrected chi connectivity index (χ0v) is 19.7. The molecule has 1 atom stereocenters. The van der Waals surface area contributed by atoms with Crippen LogP contribution >= 0.6 is 0 Å². The van der Waals surface area contributed by atoms with E-state index in [1.54, 1.807) is 6.92 Å². The number of nitrogens with one attached hydrogen (secondary N) is 1. The molecular formula is C25H40N2O3. The third-order valence-corrected chi connectivity index (χ3v) is 5.83. The van der Waals surface area contributed by atoms with Crippen molar-refractivity contribution in [3.8, 4) is 0 Å². The molecule has 1 heterocycles. The molecule has 5 heteroatoms. The van der Waals surface area contributed by atoms with Crippen molar-refractivity contribution in [2.24, 2.45) is 17.3 Å². The van der Waals surface area contributed by atoms with E-state index in [4.69, 9.17) is 4.74 Å². The van der Waals surface area contributed by atoms with Crippen molar-refractivity contribution in [3.63, 3.8) is 0 Å². The van der Waals surface area contributed by atoms with Crippen LogP contribution in [0.3, 0.4) is 0 Å². The molecule has 2 amide bonds. The third-order valence-electron chi connectivity index (χ3n) is 5.83. The number of hydrogen-bond donors (Lipinski definition) is 1. The van der Waals surface area contributed by atoms with Gasteiger partial charge in [-0.25, -0.2) is 4.79 Å². The standard InChI is InChI=1S/C25H40N2O3/c1-19(28)26-25(5,6)17-22(16-24(2,3)4)21-12-14-27(15-13-21)23(29)30-18-20-10-8-7-9-11-20/h7-11,21-22H,12-18H2,1-6H3,(H,26,28). The minimum Gasteiger partial charge on any atom is -0.445 e. The summed E-state index contributed by atoms with van der Waals surface area (Å²) >= 11 is 0. The number of piperidine rings is 1. The Kier molecular flexibility index (Phi) is 8.34. The lowest BCUT2D eigenvalue weighted by Gasteiger charge is -2.41. The van der Waals surface area contributed by atoms with Gasteiger partial charge < -0.3 is 15.0 Å². The fourth-order valence-corrected chi connectivity index (χ4v) is 4.74. The van der Waals surface area contributed by atoms with Gasteiger partial charge in [0.2, 0.25) is 5.91 Å². The number of rotatable bonds is 7. The summed E-state index contributed by atoms with van der Waals surface area (Å²) in [4.78, 5) is 25.9. The van der Waals surface area contributed by atoms with Gasteiger partial charge in [-0.05, 0) is 62.3 Å². The van der Waals surface area contributed by atoms with Crippen LogP contribution in [0.2, 0.25) is 0 Å². The van der Waals surface area contributed by atoms with Gasteiger partial charge in [-0.2, -0.15) is 0 Å². The largest absolute Gasteiger partial charge is 0.445 e. The Morgan fingerprint density at radius 3 is 2.20 bits per heavy atom. The Morgan fingerprint density at radius 1 is 1.07 bits per heavy atom. The molecule has 0 aliphatic carbocycles. The molecule has 0 saturated carbocycles. The van der Waals surface area contributed by atoms with Crippen LogP contribution in [0.15, 0.2) is 30.3 Å². The van der Waals surface area contributed by atoms with Crippen molar-refractivity contribution < 1.29 is 14.3 Å². The Hall–Kier alpha value is -2.04. The Bertz CT molecular complexity index is 686. The van der Waals surface area contributed by atoms with Gasteiger partial charge in [0.15, 0.2) is 0 Å². The molecule has 1 unspecified atom stereocenters. The molecule has 1 aliphatic heterocycles. The van der Waals surface area contributed by atoms with Crippen LogP contribution < -0.4 is 5.32 Å². The average Bonchev–Trinajstić information content (AvgIpc) is 2.64. The van der Waals surface area contributed by atoms with Crippen molar-refractivity contribution >= 4 is 12.0 Å². The van der Waals surface area contributed by atoms with E-state index in [1.807, 2.05) is 35.2 Å². The van der Waals surface area contributed by atoms with Crippen LogP contribution in [0.25, 0.3) is 0 Å². The number of nitrogens with zero attached hydrogens (tertiary/aromatic N) is 1. The van der Waals surface area contributed by atoms with E-state index in [0.717, 1.165) is 44.3 Å². The highest BCUT2D eigenvalue weighted by atomic mass is 16.6. The lowest BCUT2D eigenvalue weighted by Crippen LogP contribution is -2.46. The van der Waals surface area contributed by atoms with Crippen LogP contribution in [0, 0.1) is 17.3 Å². The molecule has 0 bridgehead atoms. The van der Waals surface area contributed by atoms with E-state index < -0.39 is 0 Å². The normalized spacial score (nSPS) is 16.8. The zero-order chi connectivity index (χ0) is 22.4. The van der Waals surface area contributed by atoms with Gasteiger partial charge in [-0.1, -0.05) is 51.1 Å². The first-order chi connectivity index (χ1) is 14.0. The number of hydrogen-bond acceptors (Lipinski definition) is 3. The fourth-order valence-electron chi connectivity index (χ4n) is 4.74. The van der Waals surface area contributed by atoms with E-state index in [0.29, 0.717) is 18.4 Å². The fraction of sp³-hybridized carbons (Fsp3) is 0.680. The Labute approximate surface area is 182 Å². The SMILES string of the molecule is CC(=O)NC(C)(C)CC(CC(C)(C)C)C1CCN(C(=O)OCc2ccccc2)CC1. The monoisotopic (exact) mass is 416 g/mol. The molecule has 1 aliphatic rings. The first-order valence-corrected chi connectivity index (χ1v) is 11.2. The van der Waals surface area contributed by atoms with Gasteiger partial charge in [0.25, 0.3) is 0 Å². The second-order valence-corrected chi connectivity index (χ2v) is 10.7. The van der Waals surface area contributed by atoms with Crippen molar-refractivity contribution in [1.29, 1.82) is 0 Å². The van der Waals surface area contributed by atoms with Gasteiger partial charge >= 0.3 is 6.09 Å². The molecule has 0 radical (unpaired) electrons. The summed E-state index contributed by atoms with van der Waals surface area (Å²) in [6.07, 6.45) is 3.81. The average molecular weight is 417 g/mol. The maximum absolute atomic E-state index is 12.5. The van der Waals surface area contributed by atoms with Gasteiger partial charge in [0.1, 0.15) is 6.61 Å². The summed E-state index contributed by atoms with van der Waals surface area (Å²) in [6.45, 7) is 14.4. The lowest BCUT2D eigenvalue weighted by molar-refractivity contribution is -0.120. The maximum Gasteiger partial charge on any atom is 0.410 e. The first kappa shape index (κ1) is 24.2. The number of ether oxygens (including phenoxy) is 1. The first-order valence-electron chi connectivity index (χ1n) is 11.2. The highest BCUT2D eigenvalue weighted by molar-refractivity contribution is 5.73. The van der Waals surface area contributed by atoms with E-state index in [-0.39, 0.29) is 23.0 Å². The summed E-state index contributed by atoms with van der Waals surface area (Å²) in [5.41, 5.74) is 1.00. The van der Waals surface area contributed by atoms with Crippen molar-refractivity contribution in [2.45, 2.75) is 79.4 Å². The highest BCUT2D eigenvalue weighted by Crippen LogP contribution is 2.38. The van der Waals surface area contributed by atoms with Gasteiger partial charge in [-0.3, -0.25) is 4.79 Å². The third kappa shape index (κ3) is 8.37. The molecule has 1 aromatic carbocycles. The van der Waals surface area contributed by atoms with E-state index in [9.17, 15) is 9.59 Å². The minimum absolute atomic E-state index is 0.0190. The molecule has 1 aromatic rings. The molecule has 168 valence electrons. The van der Waals surface area contributed by atoms with Crippen molar-refractivity contribution in [3.05, 3.63) is 35.9 Å². The summed E-state index contributed by atoms with van der Waals surface area (Å²) < 4.78 is 5.51. The molecule has 1 fully saturated rings. The van der Waals surface area contributed by atoms with Crippen LogP contribution in [0.1, 0.15) is 72.8 Å². The summed E-state index contributed by atoms with van der Waals surface area (Å²) in [5.74, 6) is 1.08. The molecule has 5 nitrogen and oxygen atoms in total. The number of amides is 2. The lowest BCUT2D eigenvalue weighted by atomic mass is 9.71. The maximum atomic E-state index is 12.5. The molecule has 0 spiro atoms. The second-order valence-electron chi connectivity index (χ2n) is 10.7. The number of benzene rings is 1. The summed E-state index contributed by atoms with van der Waals surface area (Å²) in [6, 6.07) is 9.79. The topological polar surface area (TPSA) is 58.6 Å². The van der Waals surface area contributed by atoms with Gasteiger partial charge in [0.05, 0.1) is 0 Å². The van der Waals surface area contributed by atoms with Gasteiger partial charge in [0, 0.05) is 25.6 Å². The van der Waals surface area contributed by atoms with E-state index in [1.165, 1.54) is 0 Å². The predicted octanol–water partition coefficient (Wildman–Crippen LogP) is 5.39. The zero-order valence-electron chi connectivity index (χ0n) is 19.7. The van der Waals surface area contributed by atoms with E-state index in [2.05, 4.69) is 39.9 Å². The van der Waals surface area contributed by atoms with Crippen molar-refractivity contribution in [1.82, 2.24) is 10.2 Å². The molecular weight excluding hydrogens is 376 g/mol. The Balaban J connectivity index is 1.92. The number of carbonyl (C=O) groups is 2. The van der Waals surface area contributed by atoms with Crippen LogP contribution in [-0.2, 0) is 16.1 Å².